The normalized spacial score (nSPS) is 19.9. The van der Waals surface area contributed by atoms with Crippen LogP contribution in [0.2, 0.25) is 0 Å². The summed E-state index contributed by atoms with van der Waals surface area (Å²) in [5, 5.41) is 13.2. The fourth-order valence-corrected chi connectivity index (χ4v) is 4.07. The van der Waals surface area contributed by atoms with E-state index in [1.165, 1.54) is 18.5 Å². The average molecular weight is 417 g/mol. The van der Waals surface area contributed by atoms with Gasteiger partial charge in [-0.2, -0.15) is 13.2 Å². The summed E-state index contributed by atoms with van der Waals surface area (Å²) < 4.78 is 42.3. The lowest BCUT2D eigenvalue weighted by Crippen LogP contribution is -2.46. The van der Waals surface area contributed by atoms with Gasteiger partial charge < -0.3 is 15.0 Å². The van der Waals surface area contributed by atoms with Gasteiger partial charge in [0.25, 0.3) is 0 Å². The molecule has 8 heteroatoms. The number of halogens is 3. The summed E-state index contributed by atoms with van der Waals surface area (Å²) in [5.41, 5.74) is 0.703. The third-order valence-corrected chi connectivity index (χ3v) is 5.50. The van der Waals surface area contributed by atoms with Crippen LogP contribution < -0.4 is 5.32 Å². The fourth-order valence-electron chi connectivity index (χ4n) is 4.07. The van der Waals surface area contributed by atoms with Crippen LogP contribution in [-0.2, 0) is 17.5 Å². The van der Waals surface area contributed by atoms with Gasteiger partial charge in [-0.25, -0.2) is 4.98 Å². The summed E-state index contributed by atoms with van der Waals surface area (Å²) >= 11 is 0. The molecule has 5 nitrogen and oxygen atoms in total. The van der Waals surface area contributed by atoms with Gasteiger partial charge in [0.2, 0.25) is 0 Å². The number of aliphatic hydroxyl groups excluding tert-OH is 1. The van der Waals surface area contributed by atoms with E-state index >= 15 is 0 Å². The molecule has 1 aliphatic rings. The van der Waals surface area contributed by atoms with Crippen LogP contribution in [0.15, 0.2) is 48.8 Å². The van der Waals surface area contributed by atoms with Crippen LogP contribution in [0.1, 0.15) is 24.8 Å². The number of Topliss-reactive ketones (excluding diaryl/α,β-unsaturated/α-hetero) is 1. The van der Waals surface area contributed by atoms with Crippen molar-refractivity contribution in [2.24, 2.45) is 0 Å². The molecule has 30 heavy (non-hydrogen) atoms. The number of carbonyl (C=O) groups excluding carboxylic acids is 1. The molecule has 0 aliphatic carbocycles. The second-order valence-electron chi connectivity index (χ2n) is 7.60. The Hall–Kier alpha value is -2.71. The average Bonchev–Trinajstić information content (AvgIpc) is 3.12. The van der Waals surface area contributed by atoms with E-state index in [1.807, 2.05) is 0 Å². The van der Waals surface area contributed by atoms with E-state index in [1.54, 1.807) is 28.8 Å². The molecule has 0 radical (unpaired) electrons. The van der Waals surface area contributed by atoms with E-state index in [4.69, 9.17) is 0 Å². The summed E-state index contributed by atoms with van der Waals surface area (Å²) in [7, 11) is 0. The van der Waals surface area contributed by atoms with Crippen molar-refractivity contribution in [3.8, 4) is 11.1 Å². The van der Waals surface area contributed by atoms with Crippen molar-refractivity contribution in [3.05, 3.63) is 54.4 Å². The molecule has 2 aromatic carbocycles. The number of hydrogen-bond acceptors (Lipinski definition) is 4. The monoisotopic (exact) mass is 417 g/mol. The molecule has 1 fully saturated rings. The van der Waals surface area contributed by atoms with Crippen LogP contribution in [0.4, 0.5) is 13.2 Å². The summed E-state index contributed by atoms with van der Waals surface area (Å²) in [5.74, 6) is -0.119. The van der Waals surface area contributed by atoms with Crippen LogP contribution in [0, 0.1) is 0 Å². The minimum atomic E-state index is -4.50. The Morgan fingerprint density at radius 3 is 2.70 bits per heavy atom. The predicted molar refractivity (Wildman–Crippen MR) is 107 cm³/mol. The van der Waals surface area contributed by atoms with Gasteiger partial charge in [0.05, 0.1) is 35.6 Å². The van der Waals surface area contributed by atoms with Crippen molar-refractivity contribution in [2.75, 3.05) is 6.54 Å². The zero-order valence-corrected chi connectivity index (χ0v) is 16.2. The lowest BCUT2D eigenvalue weighted by atomic mass is 9.96. The number of piperidine rings is 1. The van der Waals surface area contributed by atoms with Gasteiger partial charge in [0.15, 0.2) is 5.78 Å². The predicted octanol–water partition coefficient (Wildman–Crippen LogP) is 3.79. The number of para-hydroxylation sites is 1. The van der Waals surface area contributed by atoms with E-state index in [0.29, 0.717) is 23.0 Å². The van der Waals surface area contributed by atoms with Crippen LogP contribution in [0.3, 0.4) is 0 Å². The number of benzene rings is 2. The molecule has 1 saturated heterocycles. The molecular weight excluding hydrogens is 395 g/mol. The van der Waals surface area contributed by atoms with E-state index < -0.39 is 17.8 Å². The Balaban J connectivity index is 1.68. The molecular formula is C22H22F3N3O2. The zero-order chi connectivity index (χ0) is 21.3. The Morgan fingerprint density at radius 2 is 1.93 bits per heavy atom. The molecule has 158 valence electrons. The second kappa shape index (κ2) is 8.20. The number of alkyl halides is 3. The molecule has 2 heterocycles. The van der Waals surface area contributed by atoms with Gasteiger partial charge in [-0.05, 0) is 37.1 Å². The maximum absolute atomic E-state index is 13.6. The number of rotatable bonds is 5. The molecule has 0 spiro atoms. The van der Waals surface area contributed by atoms with Gasteiger partial charge in [-0.15, -0.1) is 0 Å². The standard InChI is InChI=1S/C22H22F3N3O2/c23-22(24,25)17-7-2-1-5-15(17)16-6-3-8-18-21(16)28(13-27-18)12-14(29)11-19-20(30)9-4-10-26-19/h1-3,5-8,13,19-20,26,30H,4,9-12H2/t19-,20+/m1/s1. The number of nitrogens with one attached hydrogen (secondary N) is 1. The van der Waals surface area contributed by atoms with Gasteiger partial charge in [0, 0.05) is 18.0 Å². The van der Waals surface area contributed by atoms with Gasteiger partial charge in [-0.3, -0.25) is 4.79 Å². The van der Waals surface area contributed by atoms with Crippen LogP contribution in [-0.4, -0.2) is 39.1 Å². The fraction of sp³-hybridized carbons (Fsp3) is 0.364. The SMILES string of the molecule is O=C(C[C@H]1NCCC[C@@H]1O)Cn1cnc2cccc(-c3ccccc3C(F)(F)F)c21. The minimum Gasteiger partial charge on any atom is -0.391 e. The van der Waals surface area contributed by atoms with Crippen molar-refractivity contribution in [1.29, 1.82) is 0 Å². The summed E-state index contributed by atoms with van der Waals surface area (Å²) in [6.45, 7) is 0.730. The molecule has 3 aromatic rings. The topological polar surface area (TPSA) is 67.2 Å². The summed E-state index contributed by atoms with van der Waals surface area (Å²) in [4.78, 5) is 16.9. The van der Waals surface area contributed by atoms with Crippen LogP contribution >= 0.6 is 0 Å². The summed E-state index contributed by atoms with van der Waals surface area (Å²) in [6.07, 6.45) is -1.93. The number of carbonyl (C=O) groups is 1. The van der Waals surface area contributed by atoms with Crippen molar-refractivity contribution in [1.82, 2.24) is 14.9 Å². The third-order valence-electron chi connectivity index (χ3n) is 5.50. The first-order valence-corrected chi connectivity index (χ1v) is 9.88. The van der Waals surface area contributed by atoms with Crippen molar-refractivity contribution in [2.45, 2.75) is 44.1 Å². The Labute approximate surface area is 171 Å². The van der Waals surface area contributed by atoms with Crippen molar-refractivity contribution >= 4 is 16.8 Å². The maximum Gasteiger partial charge on any atom is 0.417 e. The number of hydrogen-bond donors (Lipinski definition) is 2. The molecule has 2 atom stereocenters. The second-order valence-corrected chi connectivity index (χ2v) is 7.60. The minimum absolute atomic E-state index is 0.0212. The van der Waals surface area contributed by atoms with E-state index in [9.17, 15) is 23.1 Å². The zero-order valence-electron chi connectivity index (χ0n) is 16.2. The molecule has 2 N–H and O–H groups in total. The highest BCUT2D eigenvalue weighted by molar-refractivity contribution is 5.94. The number of nitrogens with zero attached hydrogens (tertiary/aromatic N) is 2. The van der Waals surface area contributed by atoms with E-state index in [0.717, 1.165) is 19.0 Å². The number of imidazole rings is 1. The first-order chi connectivity index (χ1) is 14.3. The van der Waals surface area contributed by atoms with Crippen molar-refractivity contribution < 1.29 is 23.1 Å². The van der Waals surface area contributed by atoms with Gasteiger partial charge >= 0.3 is 6.18 Å². The Bertz CT molecular complexity index is 1060. The molecule has 4 rings (SSSR count). The van der Waals surface area contributed by atoms with Crippen LogP contribution in [0.25, 0.3) is 22.2 Å². The van der Waals surface area contributed by atoms with E-state index in [-0.39, 0.29) is 30.4 Å². The first-order valence-electron chi connectivity index (χ1n) is 9.88. The lowest BCUT2D eigenvalue weighted by Gasteiger charge is -2.28. The summed E-state index contributed by atoms with van der Waals surface area (Å²) in [6, 6.07) is 10.1. The van der Waals surface area contributed by atoms with Gasteiger partial charge in [-0.1, -0.05) is 30.3 Å². The number of fused-ring (bicyclic) bond motifs is 1. The molecule has 0 saturated carbocycles. The quantitative estimate of drug-likeness (QED) is 0.663. The number of ketones is 1. The largest absolute Gasteiger partial charge is 0.417 e. The Morgan fingerprint density at radius 1 is 1.17 bits per heavy atom. The molecule has 0 bridgehead atoms. The molecule has 0 amide bonds. The van der Waals surface area contributed by atoms with Crippen molar-refractivity contribution in [3.63, 3.8) is 0 Å². The smallest absolute Gasteiger partial charge is 0.391 e. The third kappa shape index (κ3) is 4.11. The highest BCUT2D eigenvalue weighted by atomic mass is 19.4. The Kier molecular flexibility index (Phi) is 5.62. The number of aliphatic hydroxyl groups is 1. The maximum atomic E-state index is 13.6. The molecule has 1 aromatic heterocycles. The van der Waals surface area contributed by atoms with E-state index in [2.05, 4.69) is 10.3 Å². The molecule has 1 aliphatic heterocycles. The highest BCUT2D eigenvalue weighted by Gasteiger charge is 2.34. The van der Waals surface area contributed by atoms with Crippen LogP contribution in [0.5, 0.6) is 0 Å². The molecule has 0 unspecified atom stereocenters. The van der Waals surface area contributed by atoms with Gasteiger partial charge in [0.1, 0.15) is 0 Å². The first kappa shape index (κ1) is 20.6. The highest BCUT2D eigenvalue weighted by Crippen LogP contribution is 2.39. The number of aromatic nitrogens is 2. The lowest BCUT2D eigenvalue weighted by molar-refractivity contribution is -0.137.